The highest BCUT2D eigenvalue weighted by molar-refractivity contribution is 5.65. The van der Waals surface area contributed by atoms with Gasteiger partial charge in [-0.1, -0.05) is 43.2 Å². The van der Waals surface area contributed by atoms with Crippen LogP contribution >= 0.6 is 0 Å². The Morgan fingerprint density at radius 3 is 2.39 bits per heavy atom. The predicted molar refractivity (Wildman–Crippen MR) is 127 cm³/mol. The van der Waals surface area contributed by atoms with Gasteiger partial charge in [0.2, 0.25) is 5.89 Å². The average molecular weight is 447 g/mol. The van der Waals surface area contributed by atoms with E-state index in [1.165, 1.54) is 32.1 Å². The molecule has 7 rings (SSSR count). The molecule has 0 radical (unpaired) electrons. The summed E-state index contributed by atoms with van der Waals surface area (Å²) in [6, 6.07) is 10.7. The summed E-state index contributed by atoms with van der Waals surface area (Å²) in [6.07, 6.45) is 9.51. The fourth-order valence-corrected chi connectivity index (χ4v) is 5.66. The summed E-state index contributed by atoms with van der Waals surface area (Å²) >= 11 is 0. The minimum Gasteiger partial charge on any atom is -0.384 e. The zero-order valence-electron chi connectivity index (χ0n) is 20.0. The molecule has 33 heavy (non-hydrogen) atoms. The van der Waals surface area contributed by atoms with E-state index >= 15 is 0 Å². The molecule has 1 N–H and O–H groups in total. The molecule has 4 fully saturated rings. The van der Waals surface area contributed by atoms with Crippen LogP contribution in [0.25, 0.3) is 11.3 Å². The van der Waals surface area contributed by atoms with Gasteiger partial charge in [-0.2, -0.15) is 4.98 Å². The summed E-state index contributed by atoms with van der Waals surface area (Å²) in [7, 11) is 0. The Morgan fingerprint density at radius 2 is 1.73 bits per heavy atom. The van der Waals surface area contributed by atoms with Crippen molar-refractivity contribution >= 4 is 5.69 Å². The van der Waals surface area contributed by atoms with Crippen molar-refractivity contribution in [2.75, 3.05) is 11.9 Å². The Bertz CT molecular complexity index is 1130. The molecular formula is C27H34N4O2. The van der Waals surface area contributed by atoms with Crippen molar-refractivity contribution in [1.29, 1.82) is 0 Å². The second kappa shape index (κ2) is 7.44. The topological polar surface area (TPSA) is 77.0 Å². The Kier molecular flexibility index (Phi) is 4.72. The number of nitrogens with one attached hydrogen (secondary N) is 1. The average Bonchev–Trinajstić information content (AvgIpc) is 3.33. The minimum absolute atomic E-state index is 0.0740. The van der Waals surface area contributed by atoms with Crippen LogP contribution in [0.1, 0.15) is 95.5 Å². The van der Waals surface area contributed by atoms with E-state index in [-0.39, 0.29) is 10.8 Å². The van der Waals surface area contributed by atoms with Gasteiger partial charge in [-0.25, -0.2) is 0 Å². The molecular weight excluding hydrogens is 412 g/mol. The molecule has 6 heteroatoms. The molecule has 2 bridgehead atoms. The van der Waals surface area contributed by atoms with Crippen molar-refractivity contribution in [3.8, 4) is 11.3 Å². The molecule has 0 spiro atoms. The van der Waals surface area contributed by atoms with Gasteiger partial charge < -0.3 is 14.4 Å². The van der Waals surface area contributed by atoms with Gasteiger partial charge in [-0.15, -0.1) is 0 Å². The largest absolute Gasteiger partial charge is 0.384 e. The Hall–Kier alpha value is -2.63. The van der Waals surface area contributed by atoms with Crippen molar-refractivity contribution < 1.29 is 9.05 Å². The van der Waals surface area contributed by atoms with Crippen LogP contribution in [0.3, 0.4) is 0 Å². The zero-order valence-corrected chi connectivity index (χ0v) is 20.0. The lowest BCUT2D eigenvalue weighted by molar-refractivity contribution is 0.0322. The first kappa shape index (κ1) is 20.9. The van der Waals surface area contributed by atoms with Crippen LogP contribution in [0.15, 0.2) is 39.4 Å². The van der Waals surface area contributed by atoms with E-state index in [0.29, 0.717) is 11.3 Å². The number of hydrogen-bond acceptors (Lipinski definition) is 6. The molecule has 6 nitrogen and oxygen atoms in total. The van der Waals surface area contributed by atoms with Crippen LogP contribution in [-0.4, -0.2) is 21.8 Å². The molecule has 0 aliphatic heterocycles. The Labute approximate surface area is 195 Å². The van der Waals surface area contributed by atoms with E-state index in [1.807, 2.05) is 0 Å². The molecule has 4 aliphatic rings. The summed E-state index contributed by atoms with van der Waals surface area (Å²) in [5.41, 5.74) is 3.59. The first-order chi connectivity index (χ1) is 15.8. The van der Waals surface area contributed by atoms with Gasteiger partial charge in [0.05, 0.1) is 0 Å². The molecule has 4 aliphatic carbocycles. The molecule has 174 valence electrons. The molecule has 0 saturated heterocycles. The van der Waals surface area contributed by atoms with Gasteiger partial charge >= 0.3 is 0 Å². The molecule has 0 unspecified atom stereocenters. The van der Waals surface area contributed by atoms with Crippen molar-refractivity contribution in [2.45, 2.75) is 88.9 Å². The van der Waals surface area contributed by atoms with Gasteiger partial charge in [-0.05, 0) is 68.9 Å². The van der Waals surface area contributed by atoms with Gasteiger partial charge in [0.25, 0.3) is 0 Å². The standard InChI is InChI=1S/C27H34N4O2/c1-25(2,3)23-29-24(33-31-23)27-12-9-26(10-13-27,11-14-27)17-28-20-6-4-5-19(15-20)21-16-22(32-30-21)18-7-8-18/h4-6,15-16,18,28H,7-14,17H2,1-3H3. The van der Waals surface area contributed by atoms with Crippen LogP contribution < -0.4 is 5.32 Å². The molecule has 3 aromatic rings. The number of nitrogens with zero attached hydrogens (tertiary/aromatic N) is 3. The van der Waals surface area contributed by atoms with E-state index in [2.05, 4.69) is 66.7 Å². The molecule has 2 aromatic heterocycles. The third kappa shape index (κ3) is 3.87. The Balaban J connectivity index is 1.11. The van der Waals surface area contributed by atoms with E-state index in [1.54, 1.807) is 0 Å². The molecule has 2 heterocycles. The lowest BCUT2D eigenvalue weighted by atomic mass is 9.53. The zero-order chi connectivity index (χ0) is 22.7. The van der Waals surface area contributed by atoms with Crippen LogP contribution in [0.2, 0.25) is 0 Å². The maximum absolute atomic E-state index is 5.80. The predicted octanol–water partition coefficient (Wildman–Crippen LogP) is 6.60. The van der Waals surface area contributed by atoms with Crippen molar-refractivity contribution in [2.24, 2.45) is 5.41 Å². The third-order valence-electron chi connectivity index (χ3n) is 8.29. The second-order valence-corrected chi connectivity index (χ2v) is 11.8. The highest BCUT2D eigenvalue weighted by Crippen LogP contribution is 2.57. The monoisotopic (exact) mass is 446 g/mol. The Morgan fingerprint density at radius 1 is 0.970 bits per heavy atom. The van der Waals surface area contributed by atoms with Gasteiger partial charge in [0.1, 0.15) is 11.5 Å². The minimum atomic E-state index is -0.0740. The number of aromatic nitrogens is 3. The molecule has 1 aromatic carbocycles. The summed E-state index contributed by atoms with van der Waals surface area (Å²) in [4.78, 5) is 4.84. The smallest absolute Gasteiger partial charge is 0.232 e. The molecule has 4 saturated carbocycles. The van der Waals surface area contributed by atoms with E-state index in [0.717, 1.165) is 60.2 Å². The van der Waals surface area contributed by atoms with E-state index < -0.39 is 0 Å². The number of benzene rings is 1. The maximum Gasteiger partial charge on any atom is 0.232 e. The normalized spacial score (nSPS) is 27.1. The summed E-state index contributed by atoms with van der Waals surface area (Å²) in [5, 5.41) is 12.4. The van der Waals surface area contributed by atoms with Gasteiger partial charge in [0.15, 0.2) is 5.82 Å². The summed E-state index contributed by atoms with van der Waals surface area (Å²) in [5.74, 6) is 3.32. The molecule has 0 atom stereocenters. The van der Waals surface area contributed by atoms with Crippen LogP contribution in [-0.2, 0) is 10.8 Å². The van der Waals surface area contributed by atoms with Crippen LogP contribution in [0.5, 0.6) is 0 Å². The lowest BCUT2D eigenvalue weighted by Gasteiger charge is -2.52. The van der Waals surface area contributed by atoms with Crippen molar-refractivity contribution in [3.63, 3.8) is 0 Å². The fourth-order valence-electron chi connectivity index (χ4n) is 5.66. The van der Waals surface area contributed by atoms with Crippen molar-refractivity contribution in [3.05, 3.63) is 47.8 Å². The first-order valence-electron chi connectivity index (χ1n) is 12.5. The van der Waals surface area contributed by atoms with Gasteiger partial charge in [-0.3, -0.25) is 0 Å². The SMILES string of the molecule is CC(C)(C)c1noc(C23CCC(CNc4cccc(-c5cc(C6CC6)on5)c4)(CC2)CC3)n1. The number of rotatable bonds is 6. The summed E-state index contributed by atoms with van der Waals surface area (Å²) < 4.78 is 11.4. The quantitative estimate of drug-likeness (QED) is 0.459. The van der Waals surface area contributed by atoms with E-state index in [4.69, 9.17) is 14.0 Å². The number of fused-ring (bicyclic) bond motifs is 3. The highest BCUT2D eigenvalue weighted by atomic mass is 16.5. The highest BCUT2D eigenvalue weighted by Gasteiger charge is 2.52. The number of anilines is 1. The fraction of sp³-hybridized carbons (Fsp3) is 0.593. The van der Waals surface area contributed by atoms with Crippen molar-refractivity contribution in [1.82, 2.24) is 15.3 Å². The number of hydrogen-bond donors (Lipinski definition) is 1. The van der Waals surface area contributed by atoms with Crippen LogP contribution in [0, 0.1) is 5.41 Å². The lowest BCUT2D eigenvalue weighted by Crippen LogP contribution is -2.47. The first-order valence-corrected chi connectivity index (χ1v) is 12.5. The second-order valence-electron chi connectivity index (χ2n) is 11.8. The maximum atomic E-state index is 5.80. The summed E-state index contributed by atoms with van der Waals surface area (Å²) in [6.45, 7) is 7.43. The molecule has 0 amide bonds. The third-order valence-corrected chi connectivity index (χ3v) is 8.29. The van der Waals surface area contributed by atoms with E-state index in [9.17, 15) is 0 Å². The van der Waals surface area contributed by atoms with Crippen LogP contribution in [0.4, 0.5) is 5.69 Å². The van der Waals surface area contributed by atoms with Gasteiger partial charge in [0, 0.05) is 40.6 Å².